The van der Waals surface area contributed by atoms with E-state index < -0.39 is 0 Å². The molecule has 0 saturated heterocycles. The van der Waals surface area contributed by atoms with E-state index in [1.165, 1.54) is 21.5 Å². The Morgan fingerprint density at radius 2 is 1.74 bits per heavy atom. The molecule has 1 amide bonds. The van der Waals surface area contributed by atoms with Gasteiger partial charge in [0.2, 0.25) is 0 Å². The van der Waals surface area contributed by atoms with Gasteiger partial charge in [0.05, 0.1) is 0 Å². The molecule has 0 fully saturated rings. The van der Waals surface area contributed by atoms with Crippen molar-refractivity contribution in [3.8, 4) is 0 Å². The zero-order chi connectivity index (χ0) is 16.1. The summed E-state index contributed by atoms with van der Waals surface area (Å²) in [5.74, 6) is 0. The van der Waals surface area contributed by atoms with Crippen molar-refractivity contribution >= 4 is 27.6 Å². The highest BCUT2D eigenvalue weighted by Crippen LogP contribution is 2.26. The minimum atomic E-state index is -0.350. The van der Waals surface area contributed by atoms with E-state index in [1.54, 1.807) is 0 Å². The Balaban J connectivity index is 1.77. The van der Waals surface area contributed by atoms with Crippen LogP contribution in [0.5, 0.6) is 0 Å². The van der Waals surface area contributed by atoms with Gasteiger partial charge in [0.1, 0.15) is 6.61 Å². The van der Waals surface area contributed by atoms with E-state index in [9.17, 15) is 4.79 Å². The molecular weight excluding hydrogens is 286 g/mol. The Kier molecular flexibility index (Phi) is 4.77. The predicted molar refractivity (Wildman–Crippen MR) is 94.5 cm³/mol. The molecule has 0 aromatic heterocycles. The van der Waals surface area contributed by atoms with E-state index in [1.807, 2.05) is 18.2 Å². The number of benzene rings is 3. The number of hydrogen-bond donors (Lipinski definition) is 1. The number of unbranched alkanes of at least 4 members (excludes halogenated alkanes) is 1. The lowest BCUT2D eigenvalue weighted by Crippen LogP contribution is -2.25. The molecule has 0 heterocycles. The summed E-state index contributed by atoms with van der Waals surface area (Å²) in [5.41, 5.74) is 1.000. The second kappa shape index (κ2) is 7.14. The SMILES string of the molecule is CCCCNC(=O)OCc1ccc2ccc3ccccc3c2c1. The Morgan fingerprint density at radius 1 is 1.00 bits per heavy atom. The van der Waals surface area contributed by atoms with Crippen LogP contribution in [-0.4, -0.2) is 12.6 Å². The summed E-state index contributed by atoms with van der Waals surface area (Å²) in [6, 6.07) is 18.8. The first-order chi connectivity index (χ1) is 11.3. The molecule has 3 rings (SSSR count). The monoisotopic (exact) mass is 307 g/mol. The first-order valence-electron chi connectivity index (χ1n) is 8.09. The Morgan fingerprint density at radius 3 is 2.57 bits per heavy atom. The summed E-state index contributed by atoms with van der Waals surface area (Å²) in [6.45, 7) is 3.04. The summed E-state index contributed by atoms with van der Waals surface area (Å²) in [5, 5.41) is 7.58. The summed E-state index contributed by atoms with van der Waals surface area (Å²) < 4.78 is 5.29. The summed E-state index contributed by atoms with van der Waals surface area (Å²) in [7, 11) is 0. The van der Waals surface area contributed by atoms with Crippen molar-refractivity contribution in [2.75, 3.05) is 6.54 Å². The molecule has 3 aromatic carbocycles. The highest BCUT2D eigenvalue weighted by Gasteiger charge is 2.04. The van der Waals surface area contributed by atoms with Gasteiger partial charge in [0.15, 0.2) is 0 Å². The van der Waals surface area contributed by atoms with Crippen LogP contribution in [0.2, 0.25) is 0 Å². The molecule has 3 aromatic rings. The average Bonchev–Trinajstić information content (AvgIpc) is 2.60. The number of nitrogens with one attached hydrogen (secondary N) is 1. The van der Waals surface area contributed by atoms with Crippen LogP contribution in [0.25, 0.3) is 21.5 Å². The van der Waals surface area contributed by atoms with Crippen molar-refractivity contribution in [2.45, 2.75) is 26.4 Å². The highest BCUT2D eigenvalue weighted by molar-refractivity contribution is 6.07. The lowest BCUT2D eigenvalue weighted by atomic mass is 10.0. The first-order valence-corrected chi connectivity index (χ1v) is 8.09. The van der Waals surface area contributed by atoms with Gasteiger partial charge in [-0.3, -0.25) is 0 Å². The average molecular weight is 307 g/mol. The number of ether oxygens (including phenoxy) is 1. The van der Waals surface area contributed by atoms with Gasteiger partial charge < -0.3 is 10.1 Å². The normalized spacial score (nSPS) is 10.8. The van der Waals surface area contributed by atoms with Crippen LogP contribution in [0.1, 0.15) is 25.3 Å². The lowest BCUT2D eigenvalue weighted by molar-refractivity contribution is 0.139. The van der Waals surface area contributed by atoms with Gasteiger partial charge in [-0.25, -0.2) is 4.79 Å². The van der Waals surface area contributed by atoms with Crippen molar-refractivity contribution in [2.24, 2.45) is 0 Å². The molecule has 0 aliphatic carbocycles. The van der Waals surface area contributed by atoms with E-state index in [2.05, 4.69) is 48.6 Å². The van der Waals surface area contributed by atoms with Gasteiger partial charge in [0.25, 0.3) is 0 Å². The molecule has 118 valence electrons. The van der Waals surface area contributed by atoms with E-state index in [0.717, 1.165) is 18.4 Å². The van der Waals surface area contributed by atoms with Gasteiger partial charge in [-0.15, -0.1) is 0 Å². The standard InChI is InChI=1S/C20H21NO2/c1-2-3-12-21-20(22)23-14-15-8-9-17-11-10-16-6-4-5-7-18(16)19(17)13-15/h4-11,13H,2-3,12,14H2,1H3,(H,21,22). The third-order valence-corrected chi connectivity index (χ3v) is 3.98. The maximum absolute atomic E-state index is 11.6. The molecule has 23 heavy (non-hydrogen) atoms. The molecule has 0 unspecified atom stereocenters. The molecule has 0 bridgehead atoms. The maximum Gasteiger partial charge on any atom is 0.407 e. The Labute approximate surface area is 136 Å². The third-order valence-electron chi connectivity index (χ3n) is 3.98. The van der Waals surface area contributed by atoms with E-state index in [4.69, 9.17) is 4.74 Å². The van der Waals surface area contributed by atoms with Crippen LogP contribution < -0.4 is 5.32 Å². The summed E-state index contributed by atoms with van der Waals surface area (Å²) >= 11 is 0. The molecule has 3 nitrogen and oxygen atoms in total. The minimum absolute atomic E-state index is 0.289. The minimum Gasteiger partial charge on any atom is -0.445 e. The van der Waals surface area contributed by atoms with Crippen molar-refractivity contribution < 1.29 is 9.53 Å². The number of alkyl carbamates (subject to hydrolysis) is 1. The van der Waals surface area contributed by atoms with Crippen LogP contribution in [0.3, 0.4) is 0 Å². The zero-order valence-electron chi connectivity index (χ0n) is 13.3. The van der Waals surface area contributed by atoms with E-state index in [-0.39, 0.29) is 12.7 Å². The molecule has 0 aliphatic heterocycles. The number of fused-ring (bicyclic) bond motifs is 3. The van der Waals surface area contributed by atoms with Gasteiger partial charge in [-0.1, -0.05) is 61.9 Å². The molecule has 0 aliphatic rings. The number of rotatable bonds is 5. The van der Waals surface area contributed by atoms with Crippen molar-refractivity contribution in [3.05, 3.63) is 60.2 Å². The summed E-state index contributed by atoms with van der Waals surface area (Å²) in [6.07, 6.45) is 1.67. The number of carbonyl (C=O) groups excluding carboxylic acids is 1. The fraction of sp³-hybridized carbons (Fsp3) is 0.250. The number of carbonyl (C=O) groups is 1. The summed E-state index contributed by atoms with van der Waals surface area (Å²) in [4.78, 5) is 11.6. The first kappa shape index (κ1) is 15.3. The van der Waals surface area contributed by atoms with Crippen LogP contribution in [-0.2, 0) is 11.3 Å². The van der Waals surface area contributed by atoms with Gasteiger partial charge in [-0.2, -0.15) is 0 Å². The number of hydrogen-bond acceptors (Lipinski definition) is 2. The molecule has 0 saturated carbocycles. The van der Waals surface area contributed by atoms with E-state index in [0.29, 0.717) is 6.54 Å². The predicted octanol–water partition coefficient (Wildman–Crippen LogP) is 5.02. The van der Waals surface area contributed by atoms with Crippen LogP contribution in [0, 0.1) is 0 Å². The topological polar surface area (TPSA) is 38.3 Å². The fourth-order valence-corrected chi connectivity index (χ4v) is 2.71. The lowest BCUT2D eigenvalue weighted by Gasteiger charge is -2.09. The Hall–Kier alpha value is -2.55. The third kappa shape index (κ3) is 3.62. The molecule has 1 N–H and O–H groups in total. The van der Waals surface area contributed by atoms with Crippen LogP contribution in [0.15, 0.2) is 54.6 Å². The van der Waals surface area contributed by atoms with Gasteiger partial charge in [-0.05, 0) is 39.6 Å². The van der Waals surface area contributed by atoms with Crippen molar-refractivity contribution in [1.82, 2.24) is 5.32 Å². The maximum atomic E-state index is 11.6. The van der Waals surface area contributed by atoms with Gasteiger partial charge in [0, 0.05) is 6.54 Å². The van der Waals surface area contributed by atoms with E-state index >= 15 is 0 Å². The van der Waals surface area contributed by atoms with Crippen LogP contribution >= 0.6 is 0 Å². The molecule has 0 atom stereocenters. The largest absolute Gasteiger partial charge is 0.445 e. The molecular formula is C20H21NO2. The van der Waals surface area contributed by atoms with Gasteiger partial charge >= 0.3 is 6.09 Å². The zero-order valence-corrected chi connectivity index (χ0v) is 13.3. The Bertz CT molecular complexity index is 826. The smallest absolute Gasteiger partial charge is 0.407 e. The van der Waals surface area contributed by atoms with Crippen molar-refractivity contribution in [1.29, 1.82) is 0 Å². The quantitative estimate of drug-likeness (QED) is 0.531. The highest BCUT2D eigenvalue weighted by atomic mass is 16.5. The fourth-order valence-electron chi connectivity index (χ4n) is 2.71. The number of amides is 1. The van der Waals surface area contributed by atoms with Crippen molar-refractivity contribution in [3.63, 3.8) is 0 Å². The molecule has 0 spiro atoms. The second-order valence-electron chi connectivity index (χ2n) is 5.70. The molecule has 0 radical (unpaired) electrons. The second-order valence-corrected chi connectivity index (χ2v) is 5.70. The van der Waals surface area contributed by atoms with Crippen LogP contribution in [0.4, 0.5) is 4.79 Å². The molecule has 3 heteroatoms.